The van der Waals surface area contributed by atoms with E-state index in [4.69, 9.17) is 9.47 Å². The predicted molar refractivity (Wildman–Crippen MR) is 118 cm³/mol. The molecule has 31 heavy (non-hydrogen) atoms. The molecule has 168 valence electrons. The molecule has 0 saturated heterocycles. The van der Waals surface area contributed by atoms with Gasteiger partial charge in [0.05, 0.1) is 32.6 Å². The molecule has 0 bridgehead atoms. The van der Waals surface area contributed by atoms with E-state index in [1.165, 1.54) is 12.3 Å². The second-order valence-electron chi connectivity index (χ2n) is 9.10. The maximum absolute atomic E-state index is 12.4. The summed E-state index contributed by atoms with van der Waals surface area (Å²) in [4.78, 5) is 24.0. The van der Waals surface area contributed by atoms with Crippen LogP contribution in [0.25, 0.3) is 11.3 Å². The van der Waals surface area contributed by atoms with Crippen molar-refractivity contribution in [1.29, 1.82) is 0 Å². The fraction of sp³-hybridized carbons (Fsp3) is 0.478. The molecule has 0 saturated carbocycles. The highest BCUT2D eigenvalue weighted by molar-refractivity contribution is 5.88. The Hall–Kier alpha value is -3.00. The van der Waals surface area contributed by atoms with Gasteiger partial charge in [0.2, 0.25) is 0 Å². The highest BCUT2D eigenvalue weighted by atomic mass is 16.5. The minimum Gasteiger partial charge on any atom is -0.493 e. The van der Waals surface area contributed by atoms with Gasteiger partial charge in [-0.15, -0.1) is 0 Å². The lowest BCUT2D eigenvalue weighted by Crippen LogP contribution is -2.41. The van der Waals surface area contributed by atoms with Crippen molar-refractivity contribution in [2.45, 2.75) is 34.2 Å². The number of carboxylic acids is 1. The smallest absolute Gasteiger partial charge is 0.341 e. The molecular formula is C23H30N2O6. The summed E-state index contributed by atoms with van der Waals surface area (Å²) in [5.74, 6) is 0.140. The van der Waals surface area contributed by atoms with E-state index in [9.17, 15) is 19.8 Å². The minimum atomic E-state index is -1.25. The first kappa shape index (κ1) is 22.7. The number of nitrogens with zero attached hydrogens (tertiary/aromatic N) is 2. The summed E-state index contributed by atoms with van der Waals surface area (Å²) >= 11 is 0. The molecule has 3 rings (SSSR count). The number of ether oxygens (including phenoxy) is 2. The van der Waals surface area contributed by atoms with Gasteiger partial charge in [-0.1, -0.05) is 27.7 Å². The van der Waals surface area contributed by atoms with Crippen LogP contribution in [-0.2, 0) is 6.54 Å². The van der Waals surface area contributed by atoms with Crippen LogP contribution in [0.2, 0.25) is 0 Å². The lowest BCUT2D eigenvalue weighted by Gasteiger charge is -2.36. The van der Waals surface area contributed by atoms with Gasteiger partial charge in [0.1, 0.15) is 5.56 Å². The summed E-state index contributed by atoms with van der Waals surface area (Å²) in [6, 6.07) is 5.08. The lowest BCUT2D eigenvalue weighted by molar-refractivity contribution is 0.0694. The number of benzene rings is 1. The summed E-state index contributed by atoms with van der Waals surface area (Å²) in [7, 11) is 1.54. The molecule has 8 heteroatoms. The molecule has 2 heterocycles. The van der Waals surface area contributed by atoms with Gasteiger partial charge in [-0.05, 0) is 23.6 Å². The average Bonchev–Trinajstić information content (AvgIpc) is 2.70. The van der Waals surface area contributed by atoms with Crippen LogP contribution in [0.5, 0.6) is 11.5 Å². The molecule has 1 aliphatic heterocycles. The third-order valence-electron chi connectivity index (χ3n) is 5.21. The van der Waals surface area contributed by atoms with E-state index in [1.54, 1.807) is 11.8 Å². The van der Waals surface area contributed by atoms with Gasteiger partial charge in [0.25, 0.3) is 0 Å². The predicted octanol–water partition coefficient (Wildman–Crippen LogP) is 2.73. The molecule has 0 spiro atoms. The summed E-state index contributed by atoms with van der Waals surface area (Å²) in [6.07, 6.45) is 1.39. The van der Waals surface area contributed by atoms with Crippen LogP contribution >= 0.6 is 0 Å². The Morgan fingerprint density at radius 2 is 1.94 bits per heavy atom. The normalized spacial score (nSPS) is 13.1. The topological polar surface area (TPSA) is 101 Å². The zero-order valence-corrected chi connectivity index (χ0v) is 18.6. The number of hydrogen-bond donors (Lipinski definition) is 2. The number of pyridine rings is 1. The number of aliphatic hydroxyl groups excluding tert-OH is 1. The average molecular weight is 431 g/mol. The number of hydrogen-bond acceptors (Lipinski definition) is 6. The van der Waals surface area contributed by atoms with E-state index in [-0.39, 0.29) is 12.2 Å². The van der Waals surface area contributed by atoms with Crippen molar-refractivity contribution in [3.63, 3.8) is 0 Å². The monoisotopic (exact) mass is 430 g/mol. The first-order valence-electron chi connectivity index (χ1n) is 10.3. The van der Waals surface area contributed by atoms with Gasteiger partial charge in [-0.3, -0.25) is 9.47 Å². The maximum atomic E-state index is 12.4. The summed E-state index contributed by atoms with van der Waals surface area (Å²) in [5.41, 5.74) is 1.13. The molecule has 0 unspecified atom stereocenters. The van der Waals surface area contributed by atoms with Crippen molar-refractivity contribution in [3.05, 3.63) is 45.7 Å². The standard InChI is InChI=1S/C23H30N2O6/c1-14(2)9-24-10-15-6-21(31-13-23(3,4)12-26)20(30-5)7-16(15)18-8-19(27)17(22(28)29)11-25(18)24/h6-8,11,14,26H,9-10,12-13H2,1-5H3,(H,28,29). The molecule has 0 fully saturated rings. The first-order chi connectivity index (χ1) is 14.6. The van der Waals surface area contributed by atoms with Crippen LogP contribution in [0.15, 0.2) is 29.2 Å². The van der Waals surface area contributed by atoms with E-state index in [0.717, 1.165) is 11.1 Å². The van der Waals surface area contributed by atoms with Gasteiger partial charge in [0, 0.05) is 29.8 Å². The Labute approximate surface area is 181 Å². The molecule has 1 aromatic heterocycles. The Morgan fingerprint density at radius 3 is 2.52 bits per heavy atom. The SMILES string of the molecule is COc1cc2c(cc1OCC(C)(C)CO)CN(CC(C)C)n1cc(C(=O)O)c(=O)cc1-2. The molecule has 1 aromatic carbocycles. The third kappa shape index (κ3) is 4.69. The fourth-order valence-corrected chi connectivity index (χ4v) is 3.53. The molecular weight excluding hydrogens is 400 g/mol. The van der Waals surface area contributed by atoms with Gasteiger partial charge in [0.15, 0.2) is 16.9 Å². The van der Waals surface area contributed by atoms with Crippen molar-refractivity contribution >= 4 is 5.97 Å². The highest BCUT2D eigenvalue weighted by Gasteiger charge is 2.27. The van der Waals surface area contributed by atoms with E-state index >= 15 is 0 Å². The second-order valence-corrected chi connectivity index (χ2v) is 9.10. The fourth-order valence-electron chi connectivity index (χ4n) is 3.53. The van der Waals surface area contributed by atoms with Crippen molar-refractivity contribution in [1.82, 2.24) is 4.68 Å². The third-order valence-corrected chi connectivity index (χ3v) is 5.21. The number of methoxy groups -OCH3 is 1. The molecule has 2 aromatic rings. The van der Waals surface area contributed by atoms with E-state index < -0.39 is 16.8 Å². The number of aromatic nitrogens is 1. The Bertz CT molecular complexity index is 1040. The van der Waals surface area contributed by atoms with Crippen molar-refractivity contribution in [2.24, 2.45) is 11.3 Å². The Kier molecular flexibility index (Phi) is 6.31. The Balaban J connectivity index is 2.13. The minimum absolute atomic E-state index is 0.00930. The molecule has 0 aliphatic carbocycles. The summed E-state index contributed by atoms with van der Waals surface area (Å²) in [6.45, 7) is 9.47. The molecule has 1 aliphatic rings. The van der Waals surface area contributed by atoms with Crippen LogP contribution in [-0.4, -0.2) is 47.7 Å². The molecule has 2 N–H and O–H groups in total. The van der Waals surface area contributed by atoms with Crippen LogP contribution in [0.3, 0.4) is 0 Å². The van der Waals surface area contributed by atoms with Crippen LogP contribution < -0.4 is 19.9 Å². The van der Waals surface area contributed by atoms with Crippen molar-refractivity contribution in [2.75, 3.05) is 31.9 Å². The molecule has 0 radical (unpaired) electrons. The number of carbonyl (C=O) groups is 1. The van der Waals surface area contributed by atoms with Crippen LogP contribution in [0.1, 0.15) is 43.6 Å². The van der Waals surface area contributed by atoms with Crippen LogP contribution in [0.4, 0.5) is 0 Å². The largest absolute Gasteiger partial charge is 0.493 e. The quantitative estimate of drug-likeness (QED) is 0.664. The number of fused-ring (bicyclic) bond motifs is 3. The van der Waals surface area contributed by atoms with Crippen molar-refractivity contribution in [3.8, 4) is 22.8 Å². The van der Waals surface area contributed by atoms with Crippen molar-refractivity contribution < 1.29 is 24.5 Å². The molecule has 8 nitrogen and oxygen atoms in total. The summed E-state index contributed by atoms with van der Waals surface area (Å²) < 4.78 is 13.3. The van der Waals surface area contributed by atoms with E-state index in [2.05, 4.69) is 13.8 Å². The zero-order valence-electron chi connectivity index (χ0n) is 18.6. The van der Waals surface area contributed by atoms with Gasteiger partial charge in [-0.2, -0.15) is 0 Å². The number of aromatic carboxylic acids is 1. The highest BCUT2D eigenvalue weighted by Crippen LogP contribution is 2.39. The first-order valence-corrected chi connectivity index (χ1v) is 10.3. The number of rotatable bonds is 8. The van der Waals surface area contributed by atoms with Gasteiger partial charge >= 0.3 is 5.97 Å². The van der Waals surface area contributed by atoms with E-state index in [0.29, 0.717) is 42.8 Å². The zero-order chi connectivity index (χ0) is 22.9. The van der Waals surface area contributed by atoms with Gasteiger partial charge in [-0.25, -0.2) is 4.79 Å². The molecule has 0 amide bonds. The number of aliphatic hydroxyl groups is 1. The molecule has 0 atom stereocenters. The summed E-state index contributed by atoms with van der Waals surface area (Å²) in [5, 5.41) is 20.9. The lowest BCUT2D eigenvalue weighted by atomic mass is 9.96. The van der Waals surface area contributed by atoms with E-state index in [1.807, 2.05) is 31.0 Å². The second kappa shape index (κ2) is 8.63. The number of carboxylic acid groups (broad SMARTS) is 1. The van der Waals surface area contributed by atoms with Crippen LogP contribution in [0, 0.1) is 11.3 Å². The Morgan fingerprint density at radius 1 is 1.23 bits per heavy atom. The maximum Gasteiger partial charge on any atom is 0.341 e. The van der Waals surface area contributed by atoms with Gasteiger partial charge < -0.3 is 24.7 Å².